The lowest BCUT2D eigenvalue weighted by atomic mass is 9.97. The van der Waals surface area contributed by atoms with E-state index in [0.29, 0.717) is 5.92 Å². The Balaban J connectivity index is 3.62. The molecule has 0 saturated heterocycles. The molecule has 0 aromatic carbocycles. The first-order chi connectivity index (χ1) is 6.81. The van der Waals surface area contributed by atoms with Crippen molar-refractivity contribution >= 4 is 5.97 Å². The maximum atomic E-state index is 10.5. The summed E-state index contributed by atoms with van der Waals surface area (Å²) in [5.74, 6) is 0.0710. The second kappa shape index (κ2) is 6.62. The molecular weight excluding hydrogens is 192 g/mol. The first kappa shape index (κ1) is 14.2. The van der Waals surface area contributed by atoms with Crippen molar-refractivity contribution in [1.29, 1.82) is 0 Å². The molecule has 0 aliphatic carbocycles. The fraction of sp³-hybridized carbons (Fsp3) is 0.750. The molecule has 0 bridgehead atoms. The second-order valence-corrected chi connectivity index (χ2v) is 4.62. The molecule has 0 radical (unpaired) electrons. The highest BCUT2D eigenvalue weighted by molar-refractivity contribution is 5.66. The van der Waals surface area contributed by atoms with Crippen LogP contribution in [0.5, 0.6) is 0 Å². The zero-order valence-electron chi connectivity index (χ0n) is 10.1. The molecule has 3 heteroatoms. The third kappa shape index (κ3) is 11.1. The molecule has 1 atom stereocenters. The number of ether oxygens (including phenoxy) is 1. The van der Waals surface area contributed by atoms with Crippen LogP contribution in [0.3, 0.4) is 0 Å². The van der Waals surface area contributed by atoms with Crippen molar-refractivity contribution < 1.29 is 14.6 Å². The zero-order chi connectivity index (χ0) is 11.9. The fourth-order valence-electron chi connectivity index (χ4n) is 1.22. The fourth-order valence-corrected chi connectivity index (χ4v) is 1.22. The van der Waals surface area contributed by atoms with Crippen LogP contribution in [-0.4, -0.2) is 16.7 Å². The molecule has 3 nitrogen and oxygen atoms in total. The van der Waals surface area contributed by atoms with Gasteiger partial charge in [0.25, 0.3) is 0 Å². The van der Waals surface area contributed by atoms with Crippen molar-refractivity contribution in [3.63, 3.8) is 0 Å². The van der Waals surface area contributed by atoms with Crippen LogP contribution in [0.25, 0.3) is 0 Å². The van der Waals surface area contributed by atoms with E-state index < -0.39 is 5.60 Å². The van der Waals surface area contributed by atoms with Crippen LogP contribution in [0.15, 0.2) is 12.3 Å². The minimum Gasteiger partial charge on any atom is -0.435 e. The van der Waals surface area contributed by atoms with Crippen LogP contribution in [0.1, 0.15) is 47.0 Å². The largest absolute Gasteiger partial charge is 0.435 e. The molecule has 0 spiro atoms. The smallest absolute Gasteiger partial charge is 0.307 e. The summed E-state index contributed by atoms with van der Waals surface area (Å²) in [7, 11) is 0. The number of carbonyl (C=O) groups is 1. The van der Waals surface area contributed by atoms with E-state index in [4.69, 9.17) is 4.74 Å². The molecule has 0 amide bonds. The predicted octanol–water partition coefficient (Wildman–Crippen LogP) is 2.64. The van der Waals surface area contributed by atoms with Crippen molar-refractivity contribution in [2.45, 2.75) is 52.6 Å². The van der Waals surface area contributed by atoms with Gasteiger partial charge in [0.05, 0.1) is 11.9 Å². The predicted molar refractivity (Wildman–Crippen MR) is 60.2 cm³/mol. The van der Waals surface area contributed by atoms with Crippen LogP contribution in [0, 0.1) is 5.92 Å². The van der Waals surface area contributed by atoms with Crippen molar-refractivity contribution in [2.24, 2.45) is 5.92 Å². The normalized spacial score (nSPS) is 14.2. The van der Waals surface area contributed by atoms with Gasteiger partial charge in [-0.25, -0.2) is 0 Å². The number of allylic oxidation sites excluding steroid dienone is 1. The maximum Gasteiger partial charge on any atom is 0.307 e. The van der Waals surface area contributed by atoms with Crippen molar-refractivity contribution in [3.05, 3.63) is 12.3 Å². The highest BCUT2D eigenvalue weighted by Gasteiger charge is 2.11. The average molecular weight is 214 g/mol. The summed E-state index contributed by atoms with van der Waals surface area (Å²) in [5, 5.41) is 9.49. The van der Waals surface area contributed by atoms with Crippen molar-refractivity contribution in [1.82, 2.24) is 0 Å². The number of hydrogen-bond acceptors (Lipinski definition) is 3. The molecule has 88 valence electrons. The van der Waals surface area contributed by atoms with Crippen LogP contribution in [-0.2, 0) is 9.53 Å². The Morgan fingerprint density at radius 2 is 2.13 bits per heavy atom. The number of carbonyl (C=O) groups excluding carboxylic acids is 1. The molecule has 0 aromatic heterocycles. The molecule has 0 heterocycles. The van der Waals surface area contributed by atoms with Gasteiger partial charge in [-0.3, -0.25) is 4.79 Å². The summed E-state index contributed by atoms with van der Waals surface area (Å²) in [4.78, 5) is 10.5. The van der Waals surface area contributed by atoms with Gasteiger partial charge in [-0.2, -0.15) is 0 Å². The Kier molecular flexibility index (Phi) is 6.25. The number of hydrogen-bond donors (Lipinski definition) is 1. The van der Waals surface area contributed by atoms with Gasteiger partial charge in [-0.15, -0.1) is 0 Å². The molecule has 0 saturated carbocycles. The molecular formula is C12H22O3. The number of aliphatic hydroxyl groups is 1. The molecule has 1 unspecified atom stereocenters. The van der Waals surface area contributed by atoms with Crippen molar-refractivity contribution in [3.8, 4) is 0 Å². The topological polar surface area (TPSA) is 46.5 Å². The summed E-state index contributed by atoms with van der Waals surface area (Å²) in [6.07, 6.45) is 6.05. The minimum absolute atomic E-state index is 0.296. The zero-order valence-corrected chi connectivity index (χ0v) is 10.1. The molecule has 0 fully saturated rings. The third-order valence-electron chi connectivity index (χ3n) is 2.09. The van der Waals surface area contributed by atoms with Gasteiger partial charge < -0.3 is 9.84 Å². The van der Waals surface area contributed by atoms with Gasteiger partial charge >= 0.3 is 5.97 Å². The Morgan fingerprint density at radius 1 is 1.53 bits per heavy atom. The highest BCUT2D eigenvalue weighted by Crippen LogP contribution is 2.16. The summed E-state index contributed by atoms with van der Waals surface area (Å²) >= 11 is 0. The monoisotopic (exact) mass is 214 g/mol. The number of esters is 1. The SMILES string of the molecule is CC(=O)OC=CC(C)CCCC(C)(C)O. The average Bonchev–Trinajstić information content (AvgIpc) is 2.00. The molecule has 0 rings (SSSR count). The lowest BCUT2D eigenvalue weighted by Gasteiger charge is -2.17. The molecule has 0 aliphatic heterocycles. The molecule has 1 N–H and O–H groups in total. The van der Waals surface area contributed by atoms with E-state index in [9.17, 15) is 9.90 Å². The lowest BCUT2D eigenvalue weighted by Crippen LogP contribution is -2.18. The van der Waals surface area contributed by atoms with E-state index >= 15 is 0 Å². The van der Waals surface area contributed by atoms with Crippen LogP contribution in [0.2, 0.25) is 0 Å². The quantitative estimate of drug-likeness (QED) is 0.546. The summed E-state index contributed by atoms with van der Waals surface area (Å²) in [6, 6.07) is 0. The molecule has 15 heavy (non-hydrogen) atoms. The lowest BCUT2D eigenvalue weighted by molar-refractivity contribution is -0.135. The maximum absolute atomic E-state index is 10.5. The Bertz CT molecular complexity index is 213. The Hall–Kier alpha value is -0.830. The van der Waals surface area contributed by atoms with E-state index in [1.807, 2.05) is 19.9 Å². The minimum atomic E-state index is -0.584. The summed E-state index contributed by atoms with van der Waals surface area (Å²) in [5.41, 5.74) is -0.584. The first-order valence-electron chi connectivity index (χ1n) is 5.37. The van der Waals surface area contributed by atoms with E-state index in [2.05, 4.69) is 6.92 Å². The first-order valence-corrected chi connectivity index (χ1v) is 5.37. The standard InChI is InChI=1S/C12H22O3/c1-10(7-9-15-11(2)13)6-5-8-12(3,4)14/h7,9-10,14H,5-6,8H2,1-4H3. The van der Waals surface area contributed by atoms with Crippen LogP contribution in [0.4, 0.5) is 0 Å². The van der Waals surface area contributed by atoms with Crippen LogP contribution >= 0.6 is 0 Å². The van der Waals surface area contributed by atoms with E-state index in [1.165, 1.54) is 13.2 Å². The third-order valence-corrected chi connectivity index (χ3v) is 2.09. The van der Waals surface area contributed by atoms with Gasteiger partial charge in [0, 0.05) is 6.92 Å². The van der Waals surface area contributed by atoms with Gasteiger partial charge in [0.1, 0.15) is 0 Å². The van der Waals surface area contributed by atoms with Crippen molar-refractivity contribution in [2.75, 3.05) is 0 Å². The van der Waals surface area contributed by atoms with E-state index in [0.717, 1.165) is 19.3 Å². The highest BCUT2D eigenvalue weighted by atomic mass is 16.5. The van der Waals surface area contributed by atoms with Crippen LogP contribution < -0.4 is 0 Å². The Morgan fingerprint density at radius 3 is 2.60 bits per heavy atom. The summed E-state index contributed by atoms with van der Waals surface area (Å²) in [6.45, 7) is 7.06. The van der Waals surface area contributed by atoms with Gasteiger partial charge in [0.2, 0.25) is 0 Å². The van der Waals surface area contributed by atoms with E-state index in [1.54, 1.807) is 0 Å². The van der Waals surface area contributed by atoms with Gasteiger partial charge in [-0.05, 0) is 38.7 Å². The Labute approximate surface area is 92.1 Å². The summed E-state index contributed by atoms with van der Waals surface area (Å²) < 4.78 is 4.69. The van der Waals surface area contributed by atoms with E-state index in [-0.39, 0.29) is 5.97 Å². The molecule has 0 aromatic rings. The number of rotatable bonds is 6. The van der Waals surface area contributed by atoms with Gasteiger partial charge in [-0.1, -0.05) is 13.3 Å². The second-order valence-electron chi connectivity index (χ2n) is 4.62. The van der Waals surface area contributed by atoms with Gasteiger partial charge in [0.15, 0.2) is 0 Å². The molecule has 0 aliphatic rings.